The quantitative estimate of drug-likeness (QED) is 0.779. The highest BCUT2D eigenvalue weighted by atomic mass is 16.6. The second kappa shape index (κ2) is 5.03. The smallest absolute Gasteiger partial charge is 0.319 e. The van der Waals surface area contributed by atoms with Crippen molar-refractivity contribution in [3.63, 3.8) is 0 Å². The van der Waals surface area contributed by atoms with Crippen LogP contribution in [0, 0.1) is 6.92 Å². The molecule has 0 bridgehead atoms. The first-order valence-electron chi connectivity index (χ1n) is 5.67. The number of rotatable bonds is 4. The van der Waals surface area contributed by atoms with Crippen molar-refractivity contribution in [2.45, 2.75) is 6.92 Å². The molecule has 18 heavy (non-hydrogen) atoms. The number of aryl methyl sites for hydroxylation is 1. The number of hydrogen-bond acceptors (Lipinski definition) is 5. The Hall–Kier alpha value is -2.12. The molecule has 1 fully saturated rings. The number of carbonyl (C=O) groups is 2. The molecule has 0 aromatic carbocycles. The van der Waals surface area contributed by atoms with E-state index in [1.54, 1.807) is 23.8 Å². The molecule has 2 rings (SSSR count). The van der Waals surface area contributed by atoms with Crippen LogP contribution in [-0.2, 0) is 0 Å². The van der Waals surface area contributed by atoms with Crippen molar-refractivity contribution in [1.29, 1.82) is 0 Å². The van der Waals surface area contributed by atoms with Crippen LogP contribution in [0.5, 0.6) is 0 Å². The molecule has 0 atom stereocenters. The summed E-state index contributed by atoms with van der Waals surface area (Å²) < 4.78 is 4.45. The van der Waals surface area contributed by atoms with Crippen LogP contribution in [0.3, 0.4) is 0 Å². The van der Waals surface area contributed by atoms with Gasteiger partial charge in [-0.15, -0.1) is 0 Å². The Morgan fingerprint density at radius 1 is 1.44 bits per heavy atom. The number of amides is 3. The van der Waals surface area contributed by atoms with Gasteiger partial charge in [0.05, 0.1) is 0 Å². The van der Waals surface area contributed by atoms with Crippen molar-refractivity contribution in [3.8, 4) is 0 Å². The Kier molecular flexibility index (Phi) is 3.45. The van der Waals surface area contributed by atoms with Crippen molar-refractivity contribution in [1.82, 2.24) is 25.4 Å². The molecule has 1 aromatic heterocycles. The summed E-state index contributed by atoms with van der Waals surface area (Å²) >= 11 is 0. The van der Waals surface area contributed by atoms with Gasteiger partial charge in [-0.1, -0.05) is 5.16 Å². The average Bonchev–Trinajstić information content (AvgIpc) is 2.89. The maximum atomic E-state index is 11.7. The van der Waals surface area contributed by atoms with Crippen LogP contribution in [0.15, 0.2) is 4.63 Å². The van der Waals surface area contributed by atoms with Crippen molar-refractivity contribution < 1.29 is 14.2 Å². The van der Waals surface area contributed by atoms with Crippen molar-refractivity contribution in [3.05, 3.63) is 11.4 Å². The molecule has 0 unspecified atom stereocenters. The first-order chi connectivity index (χ1) is 8.59. The first-order valence-corrected chi connectivity index (χ1v) is 5.67. The topological polar surface area (TPSA) is 91.6 Å². The molecule has 8 heteroatoms. The van der Waals surface area contributed by atoms with E-state index in [1.807, 2.05) is 0 Å². The van der Waals surface area contributed by atoms with Gasteiger partial charge < -0.3 is 15.1 Å². The first kappa shape index (κ1) is 12.3. The van der Waals surface area contributed by atoms with E-state index in [0.717, 1.165) is 6.54 Å². The molecule has 2 heterocycles. The molecule has 1 aliphatic heterocycles. The molecular weight excluding hydrogens is 238 g/mol. The SMILES string of the molecule is Cc1nonc1C(=O)NCCN1CCN(C)C1=O. The minimum absolute atomic E-state index is 0.0106. The molecule has 3 amide bonds. The fourth-order valence-electron chi connectivity index (χ4n) is 1.74. The van der Waals surface area contributed by atoms with E-state index in [9.17, 15) is 9.59 Å². The van der Waals surface area contributed by atoms with Gasteiger partial charge in [-0.2, -0.15) is 0 Å². The summed E-state index contributed by atoms with van der Waals surface area (Å²) in [5.41, 5.74) is 0.629. The van der Waals surface area contributed by atoms with Crippen LogP contribution in [0.2, 0.25) is 0 Å². The Bertz CT molecular complexity index is 458. The third-order valence-corrected chi connectivity index (χ3v) is 2.84. The number of aromatic nitrogens is 2. The monoisotopic (exact) mass is 253 g/mol. The molecule has 0 radical (unpaired) electrons. The van der Waals surface area contributed by atoms with E-state index in [2.05, 4.69) is 20.3 Å². The molecule has 1 aromatic rings. The molecule has 98 valence electrons. The molecule has 1 saturated heterocycles. The maximum absolute atomic E-state index is 11.7. The van der Waals surface area contributed by atoms with Crippen LogP contribution in [0.1, 0.15) is 16.2 Å². The predicted octanol–water partition coefficient (Wildman–Crippen LogP) is -0.525. The molecule has 1 N–H and O–H groups in total. The van der Waals surface area contributed by atoms with E-state index in [1.165, 1.54) is 0 Å². The largest absolute Gasteiger partial charge is 0.349 e. The van der Waals surface area contributed by atoms with E-state index in [4.69, 9.17) is 0 Å². The van der Waals surface area contributed by atoms with Crippen molar-refractivity contribution in [2.75, 3.05) is 33.2 Å². The summed E-state index contributed by atoms with van der Waals surface area (Å²) in [6.07, 6.45) is 0. The second-order valence-corrected chi connectivity index (χ2v) is 4.15. The molecule has 1 aliphatic rings. The predicted molar refractivity (Wildman–Crippen MR) is 61.0 cm³/mol. The zero-order valence-electron chi connectivity index (χ0n) is 10.3. The van der Waals surface area contributed by atoms with Gasteiger partial charge in [0.2, 0.25) is 0 Å². The average molecular weight is 253 g/mol. The van der Waals surface area contributed by atoms with E-state index >= 15 is 0 Å². The van der Waals surface area contributed by atoms with Gasteiger partial charge in [0.25, 0.3) is 5.91 Å². The lowest BCUT2D eigenvalue weighted by atomic mass is 10.3. The summed E-state index contributed by atoms with van der Waals surface area (Å²) in [5, 5.41) is 9.71. The van der Waals surface area contributed by atoms with Gasteiger partial charge in [-0.05, 0) is 12.1 Å². The van der Waals surface area contributed by atoms with Crippen LogP contribution >= 0.6 is 0 Å². The number of nitrogens with one attached hydrogen (secondary N) is 1. The molecule has 8 nitrogen and oxygen atoms in total. The van der Waals surface area contributed by atoms with Gasteiger partial charge in [0.15, 0.2) is 5.69 Å². The normalized spacial score (nSPS) is 15.3. The molecule has 0 aliphatic carbocycles. The summed E-state index contributed by atoms with van der Waals surface area (Å²) in [4.78, 5) is 26.6. The number of urea groups is 1. The van der Waals surface area contributed by atoms with Crippen molar-refractivity contribution in [2.24, 2.45) is 0 Å². The number of likely N-dealkylation sites (N-methyl/N-ethyl adjacent to an activating group) is 1. The highest BCUT2D eigenvalue weighted by Crippen LogP contribution is 2.04. The lowest BCUT2D eigenvalue weighted by Gasteiger charge is -2.15. The number of hydrogen-bond donors (Lipinski definition) is 1. The van der Waals surface area contributed by atoms with Gasteiger partial charge >= 0.3 is 6.03 Å². The zero-order valence-corrected chi connectivity index (χ0v) is 10.3. The summed E-state index contributed by atoms with van der Waals surface area (Å²) in [5.74, 6) is -0.339. The number of carbonyl (C=O) groups excluding carboxylic acids is 2. The van der Waals surface area contributed by atoms with E-state index < -0.39 is 0 Å². The lowest BCUT2D eigenvalue weighted by molar-refractivity contribution is 0.0939. The standard InChI is InChI=1S/C10H15N5O3/c1-7-8(13-18-12-7)9(16)11-3-4-15-6-5-14(2)10(15)17/h3-6H2,1-2H3,(H,11,16). The van der Waals surface area contributed by atoms with Gasteiger partial charge in [-0.3, -0.25) is 4.79 Å². The maximum Gasteiger partial charge on any atom is 0.319 e. The highest BCUT2D eigenvalue weighted by molar-refractivity contribution is 5.92. The van der Waals surface area contributed by atoms with E-state index in [-0.39, 0.29) is 17.6 Å². The van der Waals surface area contributed by atoms with Gasteiger partial charge in [0.1, 0.15) is 5.69 Å². The summed E-state index contributed by atoms with van der Waals surface area (Å²) in [6, 6.07) is -0.0106. The van der Waals surface area contributed by atoms with Crippen LogP contribution in [0.25, 0.3) is 0 Å². The van der Waals surface area contributed by atoms with Crippen LogP contribution < -0.4 is 5.32 Å². The Morgan fingerprint density at radius 3 is 2.78 bits per heavy atom. The van der Waals surface area contributed by atoms with Crippen LogP contribution in [-0.4, -0.2) is 65.3 Å². The summed E-state index contributed by atoms with van der Waals surface area (Å²) in [6.45, 7) is 3.92. The molecule has 0 spiro atoms. The minimum atomic E-state index is -0.339. The third kappa shape index (κ3) is 2.41. The third-order valence-electron chi connectivity index (χ3n) is 2.84. The van der Waals surface area contributed by atoms with E-state index in [0.29, 0.717) is 25.3 Å². The fourth-order valence-corrected chi connectivity index (χ4v) is 1.74. The highest BCUT2D eigenvalue weighted by Gasteiger charge is 2.24. The lowest BCUT2D eigenvalue weighted by Crippen LogP contribution is -2.37. The Balaban J connectivity index is 1.78. The molecule has 0 saturated carbocycles. The summed E-state index contributed by atoms with van der Waals surface area (Å²) in [7, 11) is 1.76. The Morgan fingerprint density at radius 2 is 2.22 bits per heavy atom. The minimum Gasteiger partial charge on any atom is -0.349 e. The zero-order chi connectivity index (χ0) is 13.1. The number of nitrogens with zero attached hydrogens (tertiary/aromatic N) is 4. The second-order valence-electron chi connectivity index (χ2n) is 4.15. The molecular formula is C10H15N5O3. The van der Waals surface area contributed by atoms with Gasteiger partial charge in [0, 0.05) is 33.2 Å². The fraction of sp³-hybridized carbons (Fsp3) is 0.600. The van der Waals surface area contributed by atoms with Crippen molar-refractivity contribution >= 4 is 11.9 Å². The van der Waals surface area contributed by atoms with Crippen LogP contribution in [0.4, 0.5) is 4.79 Å². The Labute approximate surface area is 104 Å². The van der Waals surface area contributed by atoms with Gasteiger partial charge in [-0.25, -0.2) is 9.42 Å².